The number of para-hydroxylation sites is 1. The molecule has 0 saturated carbocycles. The predicted molar refractivity (Wildman–Crippen MR) is 103 cm³/mol. The number of amides is 2. The van der Waals surface area contributed by atoms with Gasteiger partial charge in [0, 0.05) is 23.1 Å². The number of benzene rings is 2. The average Bonchev–Trinajstić information content (AvgIpc) is 2.98. The molecule has 2 aromatic rings. The monoisotopic (exact) mass is 353 g/mol. The number of carbonyl (C=O) groups excluding carboxylic acids is 2. The molecule has 0 aromatic heterocycles. The van der Waals surface area contributed by atoms with E-state index in [2.05, 4.69) is 28.4 Å². The van der Waals surface area contributed by atoms with Crippen LogP contribution >= 0.6 is 0 Å². The summed E-state index contributed by atoms with van der Waals surface area (Å²) in [7, 11) is 1.32. The van der Waals surface area contributed by atoms with Crippen molar-refractivity contribution in [2.24, 2.45) is 0 Å². The molecule has 0 spiro atoms. The number of anilines is 3. The number of nitrogens with zero attached hydrogens (tertiary/aromatic N) is 1. The molecule has 6 heteroatoms. The minimum atomic E-state index is -0.518. The highest BCUT2D eigenvalue weighted by atomic mass is 16.5. The van der Waals surface area contributed by atoms with Crippen molar-refractivity contribution in [2.45, 2.75) is 32.4 Å². The van der Waals surface area contributed by atoms with Crippen LogP contribution in [0.4, 0.5) is 21.9 Å². The third-order valence-corrected chi connectivity index (χ3v) is 4.51. The van der Waals surface area contributed by atoms with E-state index in [9.17, 15) is 9.59 Å². The van der Waals surface area contributed by atoms with E-state index in [-0.39, 0.29) is 18.0 Å². The maximum absolute atomic E-state index is 13.0. The number of methoxy groups -OCH3 is 1. The summed E-state index contributed by atoms with van der Waals surface area (Å²) in [5.41, 5.74) is 3.64. The maximum atomic E-state index is 13.0. The molecule has 6 nitrogen and oxygen atoms in total. The molecule has 0 bridgehead atoms. The molecule has 1 aliphatic rings. The third kappa shape index (κ3) is 3.64. The van der Waals surface area contributed by atoms with Gasteiger partial charge in [0.1, 0.15) is 6.04 Å². The van der Waals surface area contributed by atoms with Crippen molar-refractivity contribution in [3.63, 3.8) is 0 Å². The molecule has 26 heavy (non-hydrogen) atoms. The quantitative estimate of drug-likeness (QED) is 0.880. The lowest BCUT2D eigenvalue weighted by molar-refractivity contribution is -0.119. The highest BCUT2D eigenvalue weighted by Crippen LogP contribution is 2.32. The molecule has 0 radical (unpaired) electrons. The fraction of sp³-hybridized carbons (Fsp3) is 0.300. The Morgan fingerprint density at radius 1 is 1.12 bits per heavy atom. The molecule has 2 N–H and O–H groups in total. The molecule has 2 amide bonds. The lowest BCUT2D eigenvalue weighted by Gasteiger charge is -2.27. The third-order valence-electron chi connectivity index (χ3n) is 4.51. The lowest BCUT2D eigenvalue weighted by atomic mass is 10.1. The number of hydrogen-bond donors (Lipinski definition) is 2. The molecule has 0 saturated heterocycles. The van der Waals surface area contributed by atoms with Crippen LogP contribution in [0.25, 0.3) is 0 Å². The molecule has 2 atom stereocenters. The molecule has 3 rings (SSSR count). The Balaban J connectivity index is 1.67. The number of hydrogen-bond acceptors (Lipinski definition) is 4. The first-order valence-electron chi connectivity index (χ1n) is 8.62. The normalized spacial score (nSPS) is 16.6. The van der Waals surface area contributed by atoms with Gasteiger partial charge in [0.25, 0.3) is 0 Å². The molecule has 136 valence electrons. The Labute approximate surface area is 153 Å². The maximum Gasteiger partial charge on any atom is 0.411 e. The Morgan fingerprint density at radius 2 is 1.77 bits per heavy atom. The second-order valence-electron chi connectivity index (χ2n) is 6.45. The van der Waals surface area contributed by atoms with E-state index in [1.165, 1.54) is 12.7 Å². The molecule has 1 heterocycles. The molecule has 0 aliphatic carbocycles. The summed E-state index contributed by atoms with van der Waals surface area (Å²) in [6, 6.07) is 15.0. The van der Waals surface area contributed by atoms with Crippen LogP contribution in [-0.4, -0.2) is 31.2 Å². The van der Waals surface area contributed by atoms with Gasteiger partial charge in [0.2, 0.25) is 5.91 Å². The van der Waals surface area contributed by atoms with Crippen LogP contribution in [0.1, 0.15) is 19.4 Å². The number of nitrogens with one attached hydrogen (secondary N) is 2. The fourth-order valence-corrected chi connectivity index (χ4v) is 3.24. The van der Waals surface area contributed by atoms with Gasteiger partial charge in [0.05, 0.1) is 7.11 Å². The van der Waals surface area contributed by atoms with E-state index >= 15 is 0 Å². The Hall–Kier alpha value is -3.02. The van der Waals surface area contributed by atoms with Crippen LogP contribution in [0.2, 0.25) is 0 Å². The molecular formula is C20H23N3O3. The molecular weight excluding hydrogens is 330 g/mol. The largest absolute Gasteiger partial charge is 0.453 e. The van der Waals surface area contributed by atoms with Crippen molar-refractivity contribution in [1.29, 1.82) is 0 Å². The summed E-state index contributed by atoms with van der Waals surface area (Å²) in [6.07, 6.45) is 0.360. The molecule has 2 unspecified atom stereocenters. The van der Waals surface area contributed by atoms with Crippen LogP contribution < -0.4 is 15.5 Å². The van der Waals surface area contributed by atoms with Crippen molar-refractivity contribution in [2.75, 3.05) is 22.6 Å². The summed E-state index contributed by atoms with van der Waals surface area (Å²) in [5.74, 6) is 0.0409. The summed E-state index contributed by atoms with van der Waals surface area (Å²) in [4.78, 5) is 26.1. The van der Waals surface area contributed by atoms with Gasteiger partial charge < -0.3 is 15.0 Å². The zero-order valence-electron chi connectivity index (χ0n) is 15.2. The number of ether oxygens (including phenoxy) is 1. The van der Waals surface area contributed by atoms with Crippen molar-refractivity contribution in [3.05, 3.63) is 54.1 Å². The second kappa shape index (κ2) is 7.47. The van der Waals surface area contributed by atoms with Gasteiger partial charge in [-0.2, -0.15) is 0 Å². The number of fused-ring (bicyclic) bond motifs is 1. The number of carbonyl (C=O) groups is 2. The van der Waals surface area contributed by atoms with Crippen molar-refractivity contribution in [3.8, 4) is 0 Å². The van der Waals surface area contributed by atoms with E-state index < -0.39 is 6.09 Å². The first kappa shape index (κ1) is 17.8. The van der Waals surface area contributed by atoms with E-state index in [1.807, 2.05) is 42.2 Å². The first-order chi connectivity index (χ1) is 12.5. The Bertz CT molecular complexity index is 804. The lowest BCUT2D eigenvalue weighted by Crippen LogP contribution is -2.44. The zero-order chi connectivity index (χ0) is 18.7. The average molecular weight is 353 g/mol. The van der Waals surface area contributed by atoms with Crippen molar-refractivity contribution < 1.29 is 14.3 Å². The fourth-order valence-electron chi connectivity index (χ4n) is 3.24. The highest BCUT2D eigenvalue weighted by molar-refractivity contribution is 6.00. The smallest absolute Gasteiger partial charge is 0.411 e. The molecule has 0 fully saturated rings. The van der Waals surface area contributed by atoms with Crippen LogP contribution in [0.15, 0.2) is 48.5 Å². The minimum Gasteiger partial charge on any atom is -0.453 e. The topological polar surface area (TPSA) is 70.7 Å². The van der Waals surface area contributed by atoms with Crippen LogP contribution in [0.5, 0.6) is 0 Å². The van der Waals surface area contributed by atoms with Gasteiger partial charge in [-0.25, -0.2) is 4.79 Å². The standard InChI is InChI=1S/C20H23N3O3/c1-13-12-15-6-4-5-7-18(15)23(13)19(24)14(2)21-16-8-10-17(11-9-16)22-20(25)26-3/h4-11,13-14,21H,12H2,1-3H3,(H,22,25). The van der Waals surface area contributed by atoms with Gasteiger partial charge in [-0.05, 0) is 56.2 Å². The van der Waals surface area contributed by atoms with E-state index in [1.54, 1.807) is 12.1 Å². The summed E-state index contributed by atoms with van der Waals surface area (Å²) >= 11 is 0. The van der Waals surface area contributed by atoms with Crippen LogP contribution in [-0.2, 0) is 16.0 Å². The SMILES string of the molecule is COC(=O)Nc1ccc(NC(C)C(=O)N2c3ccccc3CC2C)cc1. The molecule has 2 aromatic carbocycles. The van der Waals surface area contributed by atoms with E-state index in [4.69, 9.17) is 0 Å². The summed E-state index contributed by atoms with van der Waals surface area (Å²) < 4.78 is 4.56. The second-order valence-corrected chi connectivity index (χ2v) is 6.45. The Kier molecular flexibility index (Phi) is 5.11. The van der Waals surface area contributed by atoms with E-state index in [0.29, 0.717) is 5.69 Å². The van der Waals surface area contributed by atoms with Gasteiger partial charge >= 0.3 is 6.09 Å². The van der Waals surface area contributed by atoms with Crippen molar-refractivity contribution in [1.82, 2.24) is 0 Å². The zero-order valence-corrected chi connectivity index (χ0v) is 15.2. The predicted octanol–water partition coefficient (Wildman–Crippen LogP) is 3.64. The van der Waals surface area contributed by atoms with Gasteiger partial charge in [-0.1, -0.05) is 18.2 Å². The van der Waals surface area contributed by atoms with E-state index in [0.717, 1.165) is 17.8 Å². The first-order valence-corrected chi connectivity index (χ1v) is 8.62. The minimum absolute atomic E-state index is 0.0409. The van der Waals surface area contributed by atoms with Crippen LogP contribution in [0, 0.1) is 0 Å². The number of rotatable bonds is 4. The highest BCUT2D eigenvalue weighted by Gasteiger charge is 2.32. The summed E-state index contributed by atoms with van der Waals surface area (Å²) in [6.45, 7) is 3.93. The van der Waals surface area contributed by atoms with Gasteiger partial charge in [-0.3, -0.25) is 10.1 Å². The summed E-state index contributed by atoms with van der Waals surface area (Å²) in [5, 5.41) is 5.82. The van der Waals surface area contributed by atoms with Crippen LogP contribution in [0.3, 0.4) is 0 Å². The molecule has 1 aliphatic heterocycles. The Morgan fingerprint density at radius 3 is 2.46 bits per heavy atom. The van der Waals surface area contributed by atoms with Gasteiger partial charge in [-0.15, -0.1) is 0 Å². The van der Waals surface area contributed by atoms with Crippen molar-refractivity contribution >= 4 is 29.1 Å². The van der Waals surface area contributed by atoms with Gasteiger partial charge in [0.15, 0.2) is 0 Å².